The van der Waals surface area contributed by atoms with Gasteiger partial charge in [-0.2, -0.15) is 0 Å². The second kappa shape index (κ2) is 5.60. The zero-order valence-corrected chi connectivity index (χ0v) is 12.2. The van der Waals surface area contributed by atoms with Crippen LogP contribution in [0.4, 0.5) is 0 Å². The van der Waals surface area contributed by atoms with Crippen molar-refractivity contribution >= 4 is 14.9 Å². The van der Waals surface area contributed by atoms with Gasteiger partial charge in [-0.15, -0.1) is 0 Å². The summed E-state index contributed by atoms with van der Waals surface area (Å²) < 4.78 is 1.27. The first kappa shape index (κ1) is 11.8. The summed E-state index contributed by atoms with van der Waals surface area (Å²) in [6.07, 6.45) is 0.970. The van der Waals surface area contributed by atoms with Crippen molar-refractivity contribution in [2.45, 2.75) is 6.42 Å². The molecule has 1 aromatic carbocycles. The average Bonchev–Trinajstić information content (AvgIpc) is 2.53. The van der Waals surface area contributed by atoms with Gasteiger partial charge in [0.15, 0.2) is 0 Å². The van der Waals surface area contributed by atoms with Crippen LogP contribution in [0.5, 0.6) is 0 Å². The van der Waals surface area contributed by atoms with Crippen molar-refractivity contribution in [3.8, 4) is 0 Å². The normalized spacial score (nSPS) is 9.57. The minimum atomic E-state index is 0. The zero-order valence-electron chi connectivity index (χ0n) is 7.61. The number of aromatic nitrogens is 1. The van der Waals surface area contributed by atoms with E-state index in [1.165, 1.54) is 33.2 Å². The van der Waals surface area contributed by atoms with Gasteiger partial charge in [-0.25, -0.2) is 0 Å². The van der Waals surface area contributed by atoms with Crippen molar-refractivity contribution in [1.82, 2.24) is 4.98 Å². The van der Waals surface area contributed by atoms with Gasteiger partial charge in [0.2, 0.25) is 0 Å². The third-order valence-electron chi connectivity index (χ3n) is 1.83. The number of thiazole rings is 1. The van der Waals surface area contributed by atoms with Crippen LogP contribution in [0.2, 0.25) is 0 Å². The molecule has 0 amide bonds. The Bertz CT molecular complexity index is 388. The van der Waals surface area contributed by atoms with E-state index < -0.39 is 0 Å². The van der Waals surface area contributed by atoms with E-state index in [1.54, 1.807) is 11.3 Å². The van der Waals surface area contributed by atoms with Crippen molar-refractivity contribution in [2.24, 2.45) is 0 Å². The zero-order chi connectivity index (χ0) is 9.10. The molecule has 1 heterocycles. The van der Waals surface area contributed by atoms with E-state index in [4.69, 9.17) is 0 Å². The van der Waals surface area contributed by atoms with Gasteiger partial charge in [-0.1, -0.05) is 0 Å². The maximum absolute atomic E-state index is 4.48. The van der Waals surface area contributed by atoms with Crippen LogP contribution < -0.4 is 16.0 Å². The molecule has 2 rings (SSSR count). The van der Waals surface area contributed by atoms with E-state index in [-0.39, 0.29) is 12.4 Å². The van der Waals surface area contributed by atoms with Gasteiger partial charge in [0, 0.05) is 0 Å². The number of nitrogens with zero attached hydrogens (tertiary/aromatic N) is 1. The van der Waals surface area contributed by atoms with Gasteiger partial charge >= 0.3 is 91.6 Å². The molecule has 0 aliphatic carbocycles. The fourth-order valence-corrected chi connectivity index (χ4v) is 2.76. The Morgan fingerprint density at radius 1 is 1.21 bits per heavy atom. The van der Waals surface area contributed by atoms with Crippen LogP contribution in [0.25, 0.3) is 0 Å². The van der Waals surface area contributed by atoms with E-state index in [2.05, 4.69) is 34.6 Å². The van der Waals surface area contributed by atoms with Crippen molar-refractivity contribution in [1.29, 1.82) is 0 Å². The van der Waals surface area contributed by atoms with Crippen LogP contribution in [0.3, 0.4) is 0 Å². The monoisotopic (exact) mass is 273 g/mol. The van der Waals surface area contributed by atoms with E-state index >= 15 is 0 Å². The molecule has 0 fully saturated rings. The summed E-state index contributed by atoms with van der Waals surface area (Å²) in [4.78, 5) is 4.48. The first-order valence-corrected chi connectivity index (χ1v) is 6.51. The van der Waals surface area contributed by atoms with Crippen LogP contribution in [0.1, 0.15) is 11.3 Å². The van der Waals surface area contributed by atoms with Crippen LogP contribution in [-0.2, 0) is 24.7 Å². The first-order chi connectivity index (χ1) is 6.34. The molecule has 0 bridgehead atoms. The van der Waals surface area contributed by atoms with Crippen molar-refractivity contribution in [2.75, 3.05) is 0 Å². The van der Waals surface area contributed by atoms with Gasteiger partial charge in [-0.05, 0) is 0 Å². The number of benzene rings is 1. The van der Waals surface area contributed by atoms with Crippen LogP contribution in [0.15, 0.2) is 35.7 Å². The average molecular weight is 275 g/mol. The Labute approximate surface area is 104 Å². The van der Waals surface area contributed by atoms with Gasteiger partial charge in [-0.3, -0.25) is 0 Å². The molecule has 0 saturated heterocycles. The standard InChI is InChI=1S/C10H8NS.ClH.Zn/c1-2-4-9(5-3-1)6-10-7-12-8-11-10;;/h1-5,7H,6H2;1H;/q;;+1/p-1. The van der Waals surface area contributed by atoms with Crippen molar-refractivity contribution in [3.05, 3.63) is 47.0 Å². The second-order valence-corrected chi connectivity index (χ2v) is 6.32. The summed E-state index contributed by atoms with van der Waals surface area (Å²) in [5.74, 6) is 0. The van der Waals surface area contributed by atoms with Gasteiger partial charge in [0.25, 0.3) is 0 Å². The third-order valence-corrected chi connectivity index (χ3v) is 3.96. The molecule has 0 spiro atoms. The Hall–Kier alpha value is -0.237. The molecule has 4 heteroatoms. The van der Waals surface area contributed by atoms with E-state index in [1.807, 2.05) is 6.07 Å². The van der Waals surface area contributed by atoms with Gasteiger partial charge in [0.05, 0.1) is 0 Å². The first-order valence-electron chi connectivity index (χ1n) is 4.15. The summed E-state index contributed by atoms with van der Waals surface area (Å²) >= 11 is 2.93. The van der Waals surface area contributed by atoms with Crippen molar-refractivity contribution < 1.29 is 30.7 Å². The molecule has 0 saturated carbocycles. The molecular weight excluding hydrogens is 267 g/mol. The maximum atomic E-state index is 4.48. The molecule has 0 unspecified atom stereocenters. The molecule has 0 atom stereocenters. The van der Waals surface area contributed by atoms with Gasteiger partial charge in [0.1, 0.15) is 0 Å². The van der Waals surface area contributed by atoms with Crippen LogP contribution in [0, 0.1) is 0 Å². The predicted octanol–water partition coefficient (Wildman–Crippen LogP) is -1.09. The molecule has 14 heavy (non-hydrogen) atoms. The fourth-order valence-electron chi connectivity index (χ4n) is 1.24. The van der Waals surface area contributed by atoms with E-state index in [9.17, 15) is 0 Å². The summed E-state index contributed by atoms with van der Waals surface area (Å²) in [5.41, 5.74) is 2.55. The molecule has 1 nitrogen and oxygen atoms in total. The summed E-state index contributed by atoms with van der Waals surface area (Å²) in [5, 5.41) is 2.16. The molecule has 0 aliphatic rings. The predicted molar refractivity (Wildman–Crippen MR) is 51.0 cm³/mol. The Morgan fingerprint density at radius 3 is 2.50 bits per heavy atom. The second-order valence-electron chi connectivity index (χ2n) is 2.89. The number of hydrogen-bond donors (Lipinski definition) is 0. The summed E-state index contributed by atoms with van der Waals surface area (Å²) in [6.45, 7) is 0. The third kappa shape index (κ3) is 3.16. The Morgan fingerprint density at radius 2 is 1.93 bits per heavy atom. The molecule has 0 radical (unpaired) electrons. The Balaban J connectivity index is 0.000000980. The Kier molecular flexibility index (Phi) is 4.73. The van der Waals surface area contributed by atoms with E-state index in [0.29, 0.717) is 0 Å². The number of halogens is 1. The quantitative estimate of drug-likeness (QED) is 0.635. The molecular formula is C10H8ClNSZn. The summed E-state index contributed by atoms with van der Waals surface area (Å²) in [6, 6.07) is 10.5. The summed E-state index contributed by atoms with van der Waals surface area (Å²) in [7, 11) is 0. The molecule has 0 N–H and O–H groups in total. The number of rotatable bonds is 2. The minimum absolute atomic E-state index is 0. The van der Waals surface area contributed by atoms with Gasteiger partial charge < -0.3 is 12.4 Å². The molecule has 1 aromatic heterocycles. The van der Waals surface area contributed by atoms with Crippen LogP contribution >= 0.6 is 11.3 Å². The topological polar surface area (TPSA) is 12.9 Å². The molecule has 0 aliphatic heterocycles. The molecule has 68 valence electrons. The number of hydrogen-bond acceptors (Lipinski definition) is 2. The van der Waals surface area contributed by atoms with Crippen LogP contribution in [-0.4, -0.2) is 4.98 Å². The SMILES string of the molecule is [Cl-].[Zn+][c]1nc(Cc2ccccc2)cs1. The fraction of sp³-hybridized carbons (Fsp3) is 0.100. The van der Waals surface area contributed by atoms with Crippen molar-refractivity contribution in [3.63, 3.8) is 0 Å². The molecule has 2 aromatic rings. The van der Waals surface area contributed by atoms with E-state index in [0.717, 1.165) is 6.42 Å².